The molecule has 1 heterocycles. The van der Waals surface area contributed by atoms with Gasteiger partial charge in [0.1, 0.15) is 17.5 Å². The van der Waals surface area contributed by atoms with Crippen molar-refractivity contribution in [2.45, 2.75) is 6.42 Å². The van der Waals surface area contributed by atoms with E-state index in [4.69, 9.17) is 11.0 Å². The molecule has 124 valence electrons. The van der Waals surface area contributed by atoms with Crippen LogP contribution in [0.3, 0.4) is 0 Å². The Balaban J connectivity index is 1.84. The summed E-state index contributed by atoms with van der Waals surface area (Å²) in [5.41, 5.74) is 6.95. The van der Waals surface area contributed by atoms with E-state index in [2.05, 4.69) is 20.3 Å². The normalized spacial score (nSPS) is 10.3. The number of halogens is 2. The highest BCUT2D eigenvalue weighted by Crippen LogP contribution is 2.17. The van der Waals surface area contributed by atoms with Crippen LogP contribution < -0.4 is 11.1 Å². The molecule has 0 unspecified atom stereocenters. The van der Waals surface area contributed by atoms with Gasteiger partial charge in [-0.05, 0) is 48.0 Å². The zero-order valence-electron chi connectivity index (χ0n) is 12.9. The zero-order chi connectivity index (χ0) is 17.8. The van der Waals surface area contributed by atoms with Gasteiger partial charge >= 0.3 is 0 Å². The van der Waals surface area contributed by atoms with Crippen molar-refractivity contribution >= 4 is 17.6 Å². The van der Waals surface area contributed by atoms with Gasteiger partial charge < -0.3 is 11.1 Å². The fourth-order valence-electron chi connectivity index (χ4n) is 2.18. The summed E-state index contributed by atoms with van der Waals surface area (Å²) in [6, 6.07) is 11.8. The van der Waals surface area contributed by atoms with Crippen LogP contribution in [0.15, 0.2) is 42.5 Å². The van der Waals surface area contributed by atoms with E-state index in [9.17, 15) is 8.78 Å². The standard InChI is InChI=1S/C17H12F2N6/c18-12-3-6-14(19)11(7-12)8-15-23-16(21)25-17(24-15)22-13-4-1-10(9-20)2-5-13/h1-7H,8H2,(H3,21,22,23,24,25). The van der Waals surface area contributed by atoms with Crippen LogP contribution in [0.25, 0.3) is 0 Å². The lowest BCUT2D eigenvalue weighted by Gasteiger charge is -2.08. The summed E-state index contributed by atoms with van der Waals surface area (Å²) < 4.78 is 27.0. The van der Waals surface area contributed by atoms with Crippen molar-refractivity contribution in [3.8, 4) is 6.07 Å². The number of nitrogen functional groups attached to an aromatic ring is 1. The van der Waals surface area contributed by atoms with Crippen LogP contribution in [-0.4, -0.2) is 15.0 Å². The molecular weight excluding hydrogens is 326 g/mol. The zero-order valence-corrected chi connectivity index (χ0v) is 12.9. The molecule has 0 aliphatic carbocycles. The summed E-state index contributed by atoms with van der Waals surface area (Å²) in [5.74, 6) is -0.772. The van der Waals surface area contributed by atoms with Gasteiger partial charge in [0.2, 0.25) is 11.9 Å². The van der Waals surface area contributed by atoms with Crippen molar-refractivity contribution < 1.29 is 8.78 Å². The Morgan fingerprint density at radius 1 is 1.04 bits per heavy atom. The Hall–Kier alpha value is -3.60. The van der Waals surface area contributed by atoms with Crippen LogP contribution in [0.4, 0.5) is 26.4 Å². The summed E-state index contributed by atoms with van der Waals surface area (Å²) in [7, 11) is 0. The molecule has 3 aromatic rings. The van der Waals surface area contributed by atoms with E-state index >= 15 is 0 Å². The third kappa shape index (κ3) is 4.03. The Morgan fingerprint density at radius 2 is 1.80 bits per heavy atom. The predicted octanol–water partition coefficient (Wildman–Crippen LogP) is 2.94. The maximum atomic E-state index is 13.8. The average molecular weight is 338 g/mol. The number of nitrogens with two attached hydrogens (primary N) is 1. The van der Waals surface area contributed by atoms with Crippen molar-refractivity contribution in [1.82, 2.24) is 15.0 Å². The Morgan fingerprint density at radius 3 is 2.52 bits per heavy atom. The lowest BCUT2D eigenvalue weighted by atomic mass is 10.1. The van der Waals surface area contributed by atoms with Gasteiger partial charge in [0.05, 0.1) is 11.6 Å². The summed E-state index contributed by atoms with van der Waals surface area (Å²) >= 11 is 0. The minimum absolute atomic E-state index is 0.0294. The number of aromatic nitrogens is 3. The van der Waals surface area contributed by atoms with E-state index in [0.29, 0.717) is 11.3 Å². The molecule has 8 heteroatoms. The molecule has 0 bridgehead atoms. The van der Waals surface area contributed by atoms with Gasteiger partial charge in [0, 0.05) is 12.1 Å². The van der Waals surface area contributed by atoms with E-state index in [1.165, 1.54) is 0 Å². The molecule has 0 spiro atoms. The SMILES string of the molecule is N#Cc1ccc(Nc2nc(N)nc(Cc3cc(F)ccc3F)n2)cc1. The molecule has 6 nitrogen and oxygen atoms in total. The maximum Gasteiger partial charge on any atom is 0.232 e. The molecule has 1 aromatic heterocycles. The van der Waals surface area contributed by atoms with Gasteiger partial charge in [-0.2, -0.15) is 20.2 Å². The molecule has 0 amide bonds. The van der Waals surface area contributed by atoms with Crippen molar-refractivity contribution in [2.24, 2.45) is 0 Å². The highest BCUT2D eigenvalue weighted by Gasteiger charge is 2.10. The number of rotatable bonds is 4. The van der Waals surface area contributed by atoms with Crippen LogP contribution >= 0.6 is 0 Å². The second-order valence-corrected chi connectivity index (χ2v) is 5.16. The topological polar surface area (TPSA) is 101 Å². The summed E-state index contributed by atoms with van der Waals surface area (Å²) in [4.78, 5) is 12.1. The molecule has 0 aliphatic rings. The first kappa shape index (κ1) is 16.3. The number of nitrogens with one attached hydrogen (secondary N) is 1. The van der Waals surface area contributed by atoms with E-state index in [1.54, 1.807) is 24.3 Å². The molecule has 0 saturated heterocycles. The fraction of sp³-hybridized carbons (Fsp3) is 0.0588. The molecule has 3 rings (SSSR count). The smallest absolute Gasteiger partial charge is 0.232 e. The quantitative estimate of drug-likeness (QED) is 0.758. The molecule has 0 aliphatic heterocycles. The van der Waals surface area contributed by atoms with E-state index in [-0.39, 0.29) is 29.7 Å². The van der Waals surface area contributed by atoms with E-state index < -0.39 is 11.6 Å². The van der Waals surface area contributed by atoms with Crippen LogP contribution in [0.2, 0.25) is 0 Å². The first-order valence-corrected chi connectivity index (χ1v) is 7.25. The Bertz CT molecular complexity index is 950. The van der Waals surface area contributed by atoms with Crippen LogP contribution in [-0.2, 0) is 6.42 Å². The minimum Gasteiger partial charge on any atom is -0.368 e. The van der Waals surface area contributed by atoms with Gasteiger partial charge in [-0.3, -0.25) is 0 Å². The molecule has 25 heavy (non-hydrogen) atoms. The summed E-state index contributed by atoms with van der Waals surface area (Å²) in [6.07, 6.45) is -0.0294. The van der Waals surface area contributed by atoms with Gasteiger partial charge in [-0.15, -0.1) is 0 Å². The summed E-state index contributed by atoms with van der Waals surface area (Å²) in [5, 5.41) is 11.7. The van der Waals surface area contributed by atoms with Gasteiger partial charge in [0.15, 0.2) is 0 Å². The minimum atomic E-state index is -0.554. The first-order chi connectivity index (χ1) is 12.0. The Kier molecular flexibility index (Phi) is 4.48. The number of hydrogen-bond donors (Lipinski definition) is 2. The van der Waals surface area contributed by atoms with Crippen molar-refractivity contribution in [3.05, 3.63) is 71.1 Å². The van der Waals surface area contributed by atoms with Crippen LogP contribution in [0.5, 0.6) is 0 Å². The molecule has 0 atom stereocenters. The first-order valence-electron chi connectivity index (χ1n) is 7.25. The summed E-state index contributed by atoms with van der Waals surface area (Å²) in [6.45, 7) is 0. The molecular formula is C17H12F2N6. The second kappa shape index (κ2) is 6.88. The number of nitriles is 1. The van der Waals surface area contributed by atoms with E-state index in [1.807, 2.05) is 6.07 Å². The van der Waals surface area contributed by atoms with Crippen molar-refractivity contribution in [1.29, 1.82) is 5.26 Å². The van der Waals surface area contributed by atoms with Crippen LogP contribution in [0, 0.1) is 23.0 Å². The van der Waals surface area contributed by atoms with Crippen molar-refractivity contribution in [2.75, 3.05) is 11.1 Å². The number of hydrogen-bond acceptors (Lipinski definition) is 6. The largest absolute Gasteiger partial charge is 0.368 e. The fourth-order valence-corrected chi connectivity index (χ4v) is 2.18. The number of anilines is 3. The predicted molar refractivity (Wildman–Crippen MR) is 87.8 cm³/mol. The molecule has 0 saturated carbocycles. The highest BCUT2D eigenvalue weighted by atomic mass is 19.1. The molecule has 0 radical (unpaired) electrons. The highest BCUT2D eigenvalue weighted by molar-refractivity contribution is 5.55. The van der Waals surface area contributed by atoms with Crippen LogP contribution in [0.1, 0.15) is 17.0 Å². The second-order valence-electron chi connectivity index (χ2n) is 5.16. The Labute approximate surface area is 142 Å². The van der Waals surface area contributed by atoms with E-state index in [0.717, 1.165) is 18.2 Å². The number of nitrogens with zero attached hydrogens (tertiary/aromatic N) is 4. The monoisotopic (exact) mass is 338 g/mol. The third-order valence-corrected chi connectivity index (χ3v) is 3.33. The molecule has 0 fully saturated rings. The maximum absolute atomic E-state index is 13.8. The third-order valence-electron chi connectivity index (χ3n) is 3.33. The average Bonchev–Trinajstić information content (AvgIpc) is 2.58. The lowest BCUT2D eigenvalue weighted by Crippen LogP contribution is -2.08. The van der Waals surface area contributed by atoms with Gasteiger partial charge in [0.25, 0.3) is 0 Å². The van der Waals surface area contributed by atoms with Gasteiger partial charge in [-0.1, -0.05) is 0 Å². The lowest BCUT2D eigenvalue weighted by molar-refractivity contribution is 0.587. The molecule has 3 N–H and O–H groups in total. The van der Waals surface area contributed by atoms with Gasteiger partial charge in [-0.25, -0.2) is 8.78 Å². The van der Waals surface area contributed by atoms with Crippen molar-refractivity contribution in [3.63, 3.8) is 0 Å². The number of benzene rings is 2. The molecule has 2 aromatic carbocycles.